The van der Waals surface area contributed by atoms with Crippen molar-refractivity contribution in [3.8, 4) is 11.3 Å². The number of aromatic nitrogens is 1. The fraction of sp³-hybridized carbons (Fsp3) is 0.167. The van der Waals surface area contributed by atoms with E-state index in [-0.39, 0.29) is 11.9 Å². The molecule has 0 saturated carbocycles. The van der Waals surface area contributed by atoms with Crippen molar-refractivity contribution in [1.29, 1.82) is 0 Å². The predicted molar refractivity (Wildman–Crippen MR) is 121 cm³/mol. The molecular weight excluding hydrogens is 416 g/mol. The van der Waals surface area contributed by atoms with Crippen LogP contribution >= 0.6 is 22.9 Å². The van der Waals surface area contributed by atoms with E-state index in [1.807, 2.05) is 66.0 Å². The highest BCUT2D eigenvalue weighted by atomic mass is 35.5. The Morgan fingerprint density at radius 2 is 1.87 bits per heavy atom. The molecule has 1 atom stereocenters. The molecular formula is C24H21ClN2O2S. The summed E-state index contributed by atoms with van der Waals surface area (Å²) in [4.78, 5) is 17.0. The number of nitrogens with zero attached hydrogens (tertiary/aromatic N) is 1. The Balaban J connectivity index is 1.34. The van der Waals surface area contributed by atoms with Gasteiger partial charge in [0.1, 0.15) is 0 Å². The van der Waals surface area contributed by atoms with Gasteiger partial charge in [-0.2, -0.15) is 11.3 Å². The van der Waals surface area contributed by atoms with E-state index < -0.39 is 0 Å². The van der Waals surface area contributed by atoms with Crippen LogP contribution in [0.15, 0.2) is 82.0 Å². The summed E-state index contributed by atoms with van der Waals surface area (Å²) < 4.78 is 5.82. The maximum atomic E-state index is 12.6. The Morgan fingerprint density at radius 1 is 1.07 bits per heavy atom. The lowest BCUT2D eigenvalue weighted by molar-refractivity contribution is -0.121. The summed E-state index contributed by atoms with van der Waals surface area (Å²) in [5, 5.41) is 7.89. The third-order valence-electron chi connectivity index (χ3n) is 4.79. The fourth-order valence-corrected chi connectivity index (χ4v) is 4.06. The number of hydrogen-bond acceptors (Lipinski definition) is 4. The van der Waals surface area contributed by atoms with Crippen molar-refractivity contribution in [2.75, 3.05) is 0 Å². The number of carbonyl (C=O) groups excluding carboxylic acids is 1. The molecule has 1 amide bonds. The number of nitrogens with one attached hydrogen (secondary N) is 1. The van der Waals surface area contributed by atoms with Gasteiger partial charge in [-0.15, -0.1) is 0 Å². The van der Waals surface area contributed by atoms with Gasteiger partial charge in [0.25, 0.3) is 0 Å². The molecule has 0 aliphatic heterocycles. The number of rotatable bonds is 8. The minimum Gasteiger partial charge on any atom is -0.441 e. The smallest absolute Gasteiger partial charge is 0.220 e. The molecule has 4 aromatic rings. The molecule has 152 valence electrons. The van der Waals surface area contributed by atoms with Crippen LogP contribution in [0.1, 0.15) is 35.9 Å². The second kappa shape index (κ2) is 9.74. The van der Waals surface area contributed by atoms with Crippen LogP contribution in [0, 0.1) is 0 Å². The van der Waals surface area contributed by atoms with E-state index >= 15 is 0 Å². The summed E-state index contributed by atoms with van der Waals surface area (Å²) in [6.45, 7) is 0. The van der Waals surface area contributed by atoms with Crippen LogP contribution in [-0.4, -0.2) is 10.9 Å². The Hall–Kier alpha value is -2.89. The number of amides is 1. The Bertz CT molecular complexity index is 1080. The van der Waals surface area contributed by atoms with Gasteiger partial charge in [0.15, 0.2) is 11.7 Å². The summed E-state index contributed by atoms with van der Waals surface area (Å²) in [5.41, 5.74) is 3.07. The third-order valence-corrected chi connectivity index (χ3v) is 5.74. The predicted octanol–water partition coefficient (Wildman–Crippen LogP) is 6.29. The third kappa shape index (κ3) is 5.17. The van der Waals surface area contributed by atoms with Gasteiger partial charge in [-0.1, -0.05) is 54.1 Å². The molecule has 0 fully saturated rings. The fourth-order valence-electron chi connectivity index (χ4n) is 3.25. The number of benzene rings is 2. The largest absolute Gasteiger partial charge is 0.441 e. The molecule has 2 heterocycles. The first-order valence-corrected chi connectivity index (χ1v) is 11.1. The lowest BCUT2D eigenvalue weighted by atomic mass is 10.0. The molecule has 4 rings (SSSR count). The van der Waals surface area contributed by atoms with Crippen molar-refractivity contribution in [3.63, 3.8) is 0 Å². The highest BCUT2D eigenvalue weighted by Crippen LogP contribution is 2.26. The molecule has 0 saturated heterocycles. The standard InChI is InChI=1S/C24H21ClN2O2S/c25-20-11-9-18(10-12-20)24(19-13-14-30-16-19)27-22(28)7-4-8-23-26-15-21(29-23)17-5-2-1-3-6-17/h1-3,5-6,9-16,24H,4,7-8H2,(H,27,28). The molecule has 1 unspecified atom stereocenters. The number of oxazole rings is 1. The van der Waals surface area contributed by atoms with Gasteiger partial charge in [-0.25, -0.2) is 4.98 Å². The lowest BCUT2D eigenvalue weighted by Crippen LogP contribution is -2.28. The average Bonchev–Trinajstić information content (AvgIpc) is 3.46. The van der Waals surface area contributed by atoms with E-state index in [4.69, 9.17) is 16.0 Å². The molecule has 2 aromatic heterocycles. The van der Waals surface area contributed by atoms with E-state index in [1.165, 1.54) is 0 Å². The van der Waals surface area contributed by atoms with Gasteiger partial charge in [0.2, 0.25) is 5.91 Å². The summed E-state index contributed by atoms with van der Waals surface area (Å²) in [7, 11) is 0. The summed E-state index contributed by atoms with van der Waals surface area (Å²) in [5.74, 6) is 1.39. The van der Waals surface area contributed by atoms with Crippen molar-refractivity contribution in [1.82, 2.24) is 10.3 Å². The van der Waals surface area contributed by atoms with Crippen LogP contribution in [0.5, 0.6) is 0 Å². The topological polar surface area (TPSA) is 55.1 Å². The van der Waals surface area contributed by atoms with Crippen LogP contribution in [0.25, 0.3) is 11.3 Å². The molecule has 6 heteroatoms. The molecule has 2 aromatic carbocycles. The van der Waals surface area contributed by atoms with Gasteiger partial charge in [0.05, 0.1) is 12.2 Å². The first kappa shape index (κ1) is 20.4. The van der Waals surface area contributed by atoms with Crippen LogP contribution in [0.2, 0.25) is 5.02 Å². The molecule has 0 spiro atoms. The second-order valence-electron chi connectivity index (χ2n) is 6.95. The average molecular weight is 437 g/mol. The summed E-state index contributed by atoms with van der Waals surface area (Å²) in [6, 6.07) is 19.3. The molecule has 0 radical (unpaired) electrons. The Morgan fingerprint density at radius 3 is 2.60 bits per heavy atom. The minimum atomic E-state index is -0.188. The highest BCUT2D eigenvalue weighted by molar-refractivity contribution is 7.08. The SMILES string of the molecule is O=C(CCCc1ncc(-c2ccccc2)o1)NC(c1ccc(Cl)cc1)c1ccsc1. The van der Waals surface area contributed by atoms with Gasteiger partial charge < -0.3 is 9.73 Å². The van der Waals surface area contributed by atoms with E-state index in [0.29, 0.717) is 30.2 Å². The van der Waals surface area contributed by atoms with Gasteiger partial charge in [-0.05, 0) is 46.5 Å². The minimum absolute atomic E-state index is 0.00371. The number of hydrogen-bond donors (Lipinski definition) is 1. The van der Waals surface area contributed by atoms with E-state index in [1.54, 1.807) is 17.5 Å². The van der Waals surface area contributed by atoms with Crippen molar-refractivity contribution in [2.24, 2.45) is 0 Å². The Labute approximate surface area is 184 Å². The molecule has 4 nitrogen and oxygen atoms in total. The van der Waals surface area contributed by atoms with Crippen LogP contribution in [-0.2, 0) is 11.2 Å². The quantitative estimate of drug-likeness (QED) is 0.353. The summed E-state index contributed by atoms with van der Waals surface area (Å²) >= 11 is 7.62. The van der Waals surface area contributed by atoms with E-state index in [2.05, 4.69) is 15.7 Å². The van der Waals surface area contributed by atoms with Crippen LogP contribution in [0.3, 0.4) is 0 Å². The second-order valence-corrected chi connectivity index (χ2v) is 8.16. The van der Waals surface area contributed by atoms with Crippen molar-refractivity contribution >= 4 is 28.8 Å². The molecule has 0 bridgehead atoms. The van der Waals surface area contributed by atoms with E-state index in [9.17, 15) is 4.79 Å². The van der Waals surface area contributed by atoms with Gasteiger partial charge >= 0.3 is 0 Å². The molecule has 0 aliphatic rings. The monoisotopic (exact) mass is 436 g/mol. The van der Waals surface area contributed by atoms with Crippen molar-refractivity contribution < 1.29 is 9.21 Å². The number of aryl methyl sites for hydroxylation is 1. The normalized spacial score (nSPS) is 11.9. The van der Waals surface area contributed by atoms with Gasteiger partial charge in [0, 0.05) is 23.4 Å². The first-order chi connectivity index (χ1) is 14.7. The first-order valence-electron chi connectivity index (χ1n) is 9.76. The zero-order chi connectivity index (χ0) is 20.8. The maximum absolute atomic E-state index is 12.6. The zero-order valence-electron chi connectivity index (χ0n) is 16.3. The van der Waals surface area contributed by atoms with Crippen molar-refractivity contribution in [3.05, 3.63) is 99.7 Å². The zero-order valence-corrected chi connectivity index (χ0v) is 17.8. The molecule has 1 N–H and O–H groups in total. The maximum Gasteiger partial charge on any atom is 0.220 e. The number of carbonyl (C=O) groups is 1. The highest BCUT2D eigenvalue weighted by Gasteiger charge is 2.17. The molecule has 30 heavy (non-hydrogen) atoms. The summed E-state index contributed by atoms with van der Waals surface area (Å²) in [6.07, 6.45) is 3.41. The lowest BCUT2D eigenvalue weighted by Gasteiger charge is -2.18. The van der Waals surface area contributed by atoms with Crippen LogP contribution in [0.4, 0.5) is 0 Å². The Kier molecular flexibility index (Phi) is 6.62. The van der Waals surface area contributed by atoms with Crippen molar-refractivity contribution in [2.45, 2.75) is 25.3 Å². The van der Waals surface area contributed by atoms with Crippen LogP contribution < -0.4 is 5.32 Å². The number of halogens is 1. The molecule has 0 aliphatic carbocycles. The van der Waals surface area contributed by atoms with E-state index in [0.717, 1.165) is 22.5 Å². The number of thiophene rings is 1. The van der Waals surface area contributed by atoms with Gasteiger partial charge in [-0.3, -0.25) is 4.79 Å².